The monoisotopic (exact) mass is 404 g/mol. The summed E-state index contributed by atoms with van der Waals surface area (Å²) in [5.74, 6) is -0.579. The molecule has 0 heterocycles. The van der Waals surface area contributed by atoms with E-state index in [1.165, 1.54) is 25.1 Å². The minimum absolute atomic E-state index is 0.137. The van der Waals surface area contributed by atoms with E-state index in [4.69, 9.17) is 16.3 Å². The molecular formula is C21H21ClO4S. The van der Waals surface area contributed by atoms with Crippen LogP contribution in [0, 0.1) is 6.92 Å². The minimum atomic E-state index is -3.83. The van der Waals surface area contributed by atoms with Crippen LogP contribution in [0.5, 0.6) is 0 Å². The Morgan fingerprint density at radius 3 is 2.22 bits per heavy atom. The van der Waals surface area contributed by atoms with E-state index in [-0.39, 0.29) is 4.90 Å². The molecule has 2 atom stereocenters. The number of rotatable bonds is 7. The Labute approximate surface area is 165 Å². The zero-order chi connectivity index (χ0) is 19.9. The predicted molar refractivity (Wildman–Crippen MR) is 108 cm³/mol. The number of halogens is 1. The second-order valence-corrected chi connectivity index (χ2v) is 8.34. The van der Waals surface area contributed by atoms with Crippen molar-refractivity contribution in [1.82, 2.24) is 0 Å². The van der Waals surface area contributed by atoms with Crippen molar-refractivity contribution in [3.8, 4) is 0 Å². The smallest absolute Gasteiger partial charge is 0.303 e. The number of aryl methyl sites for hydroxylation is 1. The summed E-state index contributed by atoms with van der Waals surface area (Å²) in [6.45, 7) is 3.11. The van der Waals surface area contributed by atoms with Gasteiger partial charge in [-0.05, 0) is 30.7 Å². The van der Waals surface area contributed by atoms with Gasteiger partial charge >= 0.3 is 5.97 Å². The molecule has 0 radical (unpaired) electrons. The third kappa shape index (κ3) is 5.81. The highest BCUT2D eigenvalue weighted by atomic mass is 35.5. The van der Waals surface area contributed by atoms with Crippen LogP contribution in [0.25, 0.3) is 6.08 Å². The maximum Gasteiger partial charge on any atom is 0.303 e. The summed E-state index contributed by atoms with van der Waals surface area (Å²) in [6.07, 6.45) is 3.57. The van der Waals surface area contributed by atoms with E-state index in [0.717, 1.165) is 16.7 Å². The van der Waals surface area contributed by atoms with Gasteiger partial charge < -0.3 is 4.74 Å². The lowest BCUT2D eigenvalue weighted by molar-refractivity contribution is -0.143. The zero-order valence-corrected chi connectivity index (χ0v) is 16.7. The van der Waals surface area contributed by atoms with Crippen molar-refractivity contribution >= 4 is 33.5 Å². The average molecular weight is 405 g/mol. The van der Waals surface area contributed by atoms with Crippen molar-refractivity contribution in [2.75, 3.05) is 0 Å². The lowest BCUT2D eigenvalue weighted by Crippen LogP contribution is -2.34. The summed E-state index contributed by atoms with van der Waals surface area (Å²) >= 11 is 5.70. The summed E-state index contributed by atoms with van der Waals surface area (Å²) < 4.78 is 31.6. The SMILES string of the molecule is CC(=O)OC(/C=C/c1ccccc1)C(/C=C/Cl)S(=O)(=O)c1ccc(C)cc1. The van der Waals surface area contributed by atoms with Gasteiger partial charge in [-0.3, -0.25) is 4.79 Å². The van der Waals surface area contributed by atoms with Gasteiger partial charge in [0.1, 0.15) is 11.4 Å². The Balaban J connectivity index is 2.45. The fourth-order valence-corrected chi connectivity index (χ4v) is 4.38. The number of ether oxygens (including phenoxy) is 1. The molecule has 4 nitrogen and oxygen atoms in total. The van der Waals surface area contributed by atoms with Gasteiger partial charge in [0.25, 0.3) is 0 Å². The summed E-state index contributed by atoms with van der Waals surface area (Å²) in [4.78, 5) is 11.7. The molecule has 6 heteroatoms. The third-order valence-corrected chi connectivity index (χ3v) is 6.09. The summed E-state index contributed by atoms with van der Waals surface area (Å²) in [7, 11) is -3.83. The first-order valence-corrected chi connectivity index (χ1v) is 10.3. The zero-order valence-electron chi connectivity index (χ0n) is 15.1. The van der Waals surface area contributed by atoms with E-state index in [0.29, 0.717) is 0 Å². The topological polar surface area (TPSA) is 60.4 Å². The first-order valence-electron chi connectivity index (χ1n) is 8.32. The van der Waals surface area contributed by atoms with E-state index in [1.807, 2.05) is 37.3 Å². The molecule has 2 unspecified atom stereocenters. The third-order valence-electron chi connectivity index (χ3n) is 3.87. The van der Waals surface area contributed by atoms with Crippen LogP contribution >= 0.6 is 11.6 Å². The fraction of sp³-hybridized carbons (Fsp3) is 0.190. The molecule has 27 heavy (non-hydrogen) atoms. The largest absolute Gasteiger partial charge is 0.457 e. The highest BCUT2D eigenvalue weighted by molar-refractivity contribution is 7.92. The Bertz CT molecular complexity index is 916. The van der Waals surface area contributed by atoms with Gasteiger partial charge in [-0.1, -0.05) is 71.8 Å². The number of hydrogen-bond donors (Lipinski definition) is 0. The van der Waals surface area contributed by atoms with Crippen molar-refractivity contribution in [1.29, 1.82) is 0 Å². The molecule has 0 N–H and O–H groups in total. The van der Waals surface area contributed by atoms with E-state index in [1.54, 1.807) is 24.3 Å². The standard InChI is InChI=1S/C21H21ClO4S/c1-16-8-11-19(12-9-16)27(24,25)21(14-15-22)20(26-17(2)23)13-10-18-6-4-3-5-7-18/h3-15,20-21H,1-2H3/b13-10+,15-14+. The van der Waals surface area contributed by atoms with Crippen LogP contribution in [0.2, 0.25) is 0 Å². The van der Waals surface area contributed by atoms with Crippen LogP contribution in [-0.2, 0) is 19.4 Å². The molecule has 0 bridgehead atoms. The maximum atomic E-state index is 13.1. The van der Waals surface area contributed by atoms with Gasteiger partial charge in [-0.2, -0.15) is 0 Å². The Hall–Kier alpha value is -2.37. The summed E-state index contributed by atoms with van der Waals surface area (Å²) in [6, 6.07) is 15.8. The molecule has 2 rings (SSSR count). The number of sulfone groups is 1. The van der Waals surface area contributed by atoms with Crippen LogP contribution in [0.4, 0.5) is 0 Å². The molecule has 2 aromatic carbocycles. The molecule has 0 amide bonds. The first-order chi connectivity index (χ1) is 12.8. The van der Waals surface area contributed by atoms with Gasteiger partial charge in [0.2, 0.25) is 0 Å². The Morgan fingerprint density at radius 2 is 1.67 bits per heavy atom. The summed E-state index contributed by atoms with van der Waals surface area (Å²) in [5, 5.41) is -1.15. The Kier molecular flexibility index (Phi) is 7.39. The molecule has 2 aromatic rings. The molecule has 0 saturated heterocycles. The van der Waals surface area contributed by atoms with Crippen LogP contribution < -0.4 is 0 Å². The lowest BCUT2D eigenvalue weighted by atomic mass is 10.1. The van der Waals surface area contributed by atoms with Gasteiger partial charge in [0.05, 0.1) is 4.90 Å². The highest BCUT2D eigenvalue weighted by Gasteiger charge is 2.33. The first kappa shape index (κ1) is 20.9. The lowest BCUT2D eigenvalue weighted by Gasteiger charge is -2.22. The molecule has 0 spiro atoms. The van der Waals surface area contributed by atoms with Crippen molar-refractivity contribution in [2.24, 2.45) is 0 Å². The number of carbonyl (C=O) groups is 1. The van der Waals surface area contributed by atoms with Gasteiger partial charge in [0.15, 0.2) is 9.84 Å². The Morgan fingerprint density at radius 1 is 1.04 bits per heavy atom. The molecule has 0 saturated carbocycles. The summed E-state index contributed by atoms with van der Waals surface area (Å²) in [5.41, 5.74) is 2.93. The molecule has 0 aliphatic carbocycles. The molecular weight excluding hydrogens is 384 g/mol. The number of hydrogen-bond acceptors (Lipinski definition) is 4. The van der Waals surface area contributed by atoms with Crippen molar-refractivity contribution in [3.63, 3.8) is 0 Å². The normalized spacial score (nSPS) is 14.3. The van der Waals surface area contributed by atoms with E-state index < -0.39 is 27.2 Å². The second-order valence-electron chi connectivity index (χ2n) is 5.98. The maximum absolute atomic E-state index is 13.1. The van der Waals surface area contributed by atoms with Crippen LogP contribution in [-0.4, -0.2) is 25.7 Å². The number of esters is 1. The van der Waals surface area contributed by atoms with Gasteiger partial charge in [-0.25, -0.2) is 8.42 Å². The average Bonchev–Trinajstić information content (AvgIpc) is 2.64. The molecule has 0 aliphatic rings. The highest BCUT2D eigenvalue weighted by Crippen LogP contribution is 2.23. The van der Waals surface area contributed by atoms with Gasteiger partial charge in [-0.15, -0.1) is 0 Å². The molecule has 0 aliphatic heterocycles. The van der Waals surface area contributed by atoms with Gasteiger partial charge in [0, 0.05) is 12.5 Å². The second kappa shape index (κ2) is 9.53. The van der Waals surface area contributed by atoms with Crippen molar-refractivity contribution in [2.45, 2.75) is 30.1 Å². The number of carbonyl (C=O) groups excluding carboxylic acids is 1. The minimum Gasteiger partial charge on any atom is -0.457 e. The van der Waals surface area contributed by atoms with E-state index in [9.17, 15) is 13.2 Å². The van der Waals surface area contributed by atoms with E-state index in [2.05, 4.69) is 0 Å². The van der Waals surface area contributed by atoms with Crippen molar-refractivity contribution in [3.05, 3.63) is 83.4 Å². The van der Waals surface area contributed by atoms with Crippen LogP contribution in [0.3, 0.4) is 0 Å². The van der Waals surface area contributed by atoms with Crippen LogP contribution in [0.1, 0.15) is 18.1 Å². The quantitative estimate of drug-likeness (QED) is 0.636. The predicted octanol–water partition coefficient (Wildman–Crippen LogP) is 4.53. The molecule has 142 valence electrons. The molecule has 0 aromatic heterocycles. The molecule has 0 fully saturated rings. The fourth-order valence-electron chi connectivity index (χ4n) is 2.52. The van der Waals surface area contributed by atoms with Crippen LogP contribution in [0.15, 0.2) is 77.2 Å². The number of benzene rings is 2. The van der Waals surface area contributed by atoms with E-state index >= 15 is 0 Å². The van der Waals surface area contributed by atoms with Crippen molar-refractivity contribution < 1.29 is 17.9 Å².